The summed E-state index contributed by atoms with van der Waals surface area (Å²) in [5.41, 5.74) is 2.23. The second-order valence-corrected chi connectivity index (χ2v) is 6.46. The van der Waals surface area contributed by atoms with Gasteiger partial charge in [0.15, 0.2) is 0 Å². The van der Waals surface area contributed by atoms with Crippen molar-refractivity contribution in [3.8, 4) is 0 Å². The highest BCUT2D eigenvalue weighted by atomic mass is 35.5. The summed E-state index contributed by atoms with van der Waals surface area (Å²) in [5.74, 6) is 1.96. The Balaban J connectivity index is 1.98. The number of imidazole rings is 1. The van der Waals surface area contributed by atoms with Crippen molar-refractivity contribution in [2.45, 2.75) is 39.2 Å². The molecule has 1 fully saturated rings. The van der Waals surface area contributed by atoms with Gasteiger partial charge in [0.2, 0.25) is 0 Å². The molecule has 0 saturated carbocycles. The van der Waals surface area contributed by atoms with Crippen LogP contribution in [0.3, 0.4) is 0 Å². The molecule has 0 unspecified atom stereocenters. The minimum absolute atomic E-state index is 0.412. The van der Waals surface area contributed by atoms with E-state index in [1.807, 2.05) is 18.2 Å². The molecule has 2 aromatic rings. The molecule has 4 heteroatoms. The highest BCUT2D eigenvalue weighted by Crippen LogP contribution is 2.27. The highest BCUT2D eigenvalue weighted by Gasteiger charge is 2.19. The molecule has 0 atom stereocenters. The molecule has 2 heterocycles. The van der Waals surface area contributed by atoms with Crippen LogP contribution in [0, 0.1) is 5.92 Å². The first-order valence-electron chi connectivity index (χ1n) is 7.52. The summed E-state index contributed by atoms with van der Waals surface area (Å²) in [4.78, 5) is 4.85. The summed E-state index contributed by atoms with van der Waals surface area (Å²) in [6, 6.07) is 6.41. The van der Waals surface area contributed by atoms with Crippen molar-refractivity contribution in [1.82, 2.24) is 14.9 Å². The van der Waals surface area contributed by atoms with Crippen LogP contribution in [0.5, 0.6) is 0 Å². The van der Waals surface area contributed by atoms with Gasteiger partial charge in [-0.2, -0.15) is 0 Å². The first-order valence-corrected chi connectivity index (χ1v) is 7.90. The van der Waals surface area contributed by atoms with Crippen LogP contribution in [0.4, 0.5) is 0 Å². The predicted octanol–water partition coefficient (Wildman–Crippen LogP) is 3.81. The van der Waals surface area contributed by atoms with E-state index >= 15 is 0 Å². The first kappa shape index (κ1) is 13.9. The van der Waals surface area contributed by atoms with Gasteiger partial charge in [0.05, 0.1) is 11.0 Å². The Morgan fingerprint density at radius 1 is 1.35 bits per heavy atom. The summed E-state index contributed by atoms with van der Waals surface area (Å²) in [7, 11) is 0. The molecule has 0 spiro atoms. The van der Waals surface area contributed by atoms with Crippen LogP contribution < -0.4 is 5.32 Å². The molecule has 3 nitrogen and oxygen atoms in total. The Bertz CT molecular complexity index is 597. The molecular weight excluding hydrogens is 270 g/mol. The molecule has 1 N–H and O–H groups in total. The largest absolute Gasteiger partial charge is 0.325 e. The molecule has 0 bridgehead atoms. The topological polar surface area (TPSA) is 29.9 Å². The van der Waals surface area contributed by atoms with Gasteiger partial charge in [0, 0.05) is 17.5 Å². The average molecular weight is 292 g/mol. The third kappa shape index (κ3) is 2.70. The van der Waals surface area contributed by atoms with Gasteiger partial charge in [-0.3, -0.25) is 0 Å². The molecule has 1 aliphatic heterocycles. The molecule has 20 heavy (non-hydrogen) atoms. The maximum atomic E-state index is 6.15. The molecule has 1 aromatic carbocycles. The van der Waals surface area contributed by atoms with Crippen LogP contribution >= 0.6 is 11.6 Å². The summed E-state index contributed by atoms with van der Waals surface area (Å²) >= 11 is 6.15. The zero-order valence-corrected chi connectivity index (χ0v) is 13.0. The third-order valence-corrected chi connectivity index (χ3v) is 4.41. The summed E-state index contributed by atoms with van der Waals surface area (Å²) in [5, 5.41) is 4.21. The van der Waals surface area contributed by atoms with Crippen LogP contribution in [-0.4, -0.2) is 22.6 Å². The number of piperidine rings is 1. The van der Waals surface area contributed by atoms with Gasteiger partial charge in [-0.25, -0.2) is 4.98 Å². The molecular formula is C16H22ClN3. The van der Waals surface area contributed by atoms with Crippen LogP contribution in [0.1, 0.15) is 38.6 Å². The van der Waals surface area contributed by atoms with E-state index in [1.54, 1.807) is 0 Å². The molecule has 0 aliphatic carbocycles. The lowest BCUT2D eigenvalue weighted by atomic mass is 9.94. The SMILES string of the molecule is CC(C)n1c(CC2CCNCC2)nc2ccc(Cl)cc21. The molecule has 108 valence electrons. The van der Waals surface area contributed by atoms with Gasteiger partial charge in [0.1, 0.15) is 5.82 Å². The van der Waals surface area contributed by atoms with Crippen molar-refractivity contribution in [2.75, 3.05) is 13.1 Å². The number of nitrogens with one attached hydrogen (secondary N) is 1. The monoisotopic (exact) mass is 291 g/mol. The number of hydrogen-bond donors (Lipinski definition) is 1. The predicted molar refractivity (Wildman–Crippen MR) is 84.4 cm³/mol. The zero-order valence-electron chi connectivity index (χ0n) is 12.2. The summed E-state index contributed by atoms with van der Waals surface area (Å²) in [6.45, 7) is 6.71. The summed E-state index contributed by atoms with van der Waals surface area (Å²) in [6.07, 6.45) is 3.58. The Hall–Kier alpha value is -1.06. The minimum atomic E-state index is 0.412. The van der Waals surface area contributed by atoms with Crippen molar-refractivity contribution < 1.29 is 0 Å². The quantitative estimate of drug-likeness (QED) is 0.932. The van der Waals surface area contributed by atoms with Crippen molar-refractivity contribution >= 4 is 22.6 Å². The van der Waals surface area contributed by atoms with E-state index in [-0.39, 0.29) is 0 Å². The number of hydrogen-bond acceptors (Lipinski definition) is 2. The highest BCUT2D eigenvalue weighted by molar-refractivity contribution is 6.31. The van der Waals surface area contributed by atoms with Gasteiger partial charge in [-0.05, 0) is 63.9 Å². The fourth-order valence-corrected chi connectivity index (χ4v) is 3.35. The number of aromatic nitrogens is 2. The minimum Gasteiger partial charge on any atom is -0.325 e. The maximum absolute atomic E-state index is 6.15. The van der Waals surface area contributed by atoms with Gasteiger partial charge in [0.25, 0.3) is 0 Å². The normalized spacial score (nSPS) is 17.2. The third-order valence-electron chi connectivity index (χ3n) is 4.17. The van der Waals surface area contributed by atoms with E-state index in [9.17, 15) is 0 Å². The average Bonchev–Trinajstić information content (AvgIpc) is 2.77. The standard InChI is InChI=1S/C16H22ClN3/c1-11(2)20-15-10-13(17)3-4-14(15)19-16(20)9-12-5-7-18-8-6-12/h3-4,10-12,18H,5-9H2,1-2H3. The van der Waals surface area contributed by atoms with E-state index in [4.69, 9.17) is 16.6 Å². The van der Waals surface area contributed by atoms with E-state index in [0.717, 1.165) is 41.5 Å². The lowest BCUT2D eigenvalue weighted by Crippen LogP contribution is -2.29. The van der Waals surface area contributed by atoms with Crippen LogP contribution in [0.15, 0.2) is 18.2 Å². The first-order chi connectivity index (χ1) is 9.65. The molecule has 1 aromatic heterocycles. The Labute approximate surface area is 125 Å². The Morgan fingerprint density at radius 2 is 2.10 bits per heavy atom. The number of fused-ring (bicyclic) bond motifs is 1. The van der Waals surface area contributed by atoms with Crippen LogP contribution in [0.2, 0.25) is 5.02 Å². The number of rotatable bonds is 3. The number of nitrogens with zero attached hydrogens (tertiary/aromatic N) is 2. The second-order valence-electron chi connectivity index (χ2n) is 6.02. The van der Waals surface area contributed by atoms with Gasteiger partial charge < -0.3 is 9.88 Å². The smallest absolute Gasteiger partial charge is 0.110 e. The summed E-state index contributed by atoms with van der Waals surface area (Å²) < 4.78 is 2.35. The van der Waals surface area contributed by atoms with E-state index in [1.165, 1.54) is 18.7 Å². The van der Waals surface area contributed by atoms with E-state index in [0.29, 0.717) is 6.04 Å². The van der Waals surface area contributed by atoms with E-state index < -0.39 is 0 Å². The van der Waals surface area contributed by atoms with Crippen LogP contribution in [-0.2, 0) is 6.42 Å². The Morgan fingerprint density at radius 3 is 2.80 bits per heavy atom. The number of benzene rings is 1. The molecule has 1 aliphatic rings. The lowest BCUT2D eigenvalue weighted by molar-refractivity contribution is 0.361. The van der Waals surface area contributed by atoms with Gasteiger partial charge >= 0.3 is 0 Å². The lowest BCUT2D eigenvalue weighted by Gasteiger charge is -2.23. The fourth-order valence-electron chi connectivity index (χ4n) is 3.18. The van der Waals surface area contributed by atoms with E-state index in [2.05, 4.69) is 23.7 Å². The second kappa shape index (κ2) is 5.74. The van der Waals surface area contributed by atoms with Crippen molar-refractivity contribution in [2.24, 2.45) is 5.92 Å². The van der Waals surface area contributed by atoms with Crippen molar-refractivity contribution in [3.05, 3.63) is 29.0 Å². The molecule has 0 amide bonds. The zero-order chi connectivity index (χ0) is 14.1. The molecule has 1 saturated heterocycles. The maximum Gasteiger partial charge on any atom is 0.110 e. The van der Waals surface area contributed by atoms with Gasteiger partial charge in [-0.15, -0.1) is 0 Å². The molecule has 0 radical (unpaired) electrons. The Kier molecular flexibility index (Phi) is 3.99. The van der Waals surface area contributed by atoms with Crippen molar-refractivity contribution in [3.63, 3.8) is 0 Å². The van der Waals surface area contributed by atoms with Gasteiger partial charge in [-0.1, -0.05) is 11.6 Å². The van der Waals surface area contributed by atoms with Crippen LogP contribution in [0.25, 0.3) is 11.0 Å². The number of halogens is 1. The molecule has 3 rings (SSSR count). The van der Waals surface area contributed by atoms with Crippen molar-refractivity contribution in [1.29, 1.82) is 0 Å². The fraction of sp³-hybridized carbons (Fsp3) is 0.562.